The summed E-state index contributed by atoms with van der Waals surface area (Å²) in [6.07, 6.45) is 0. The van der Waals surface area contributed by atoms with Gasteiger partial charge in [-0.05, 0) is 51.5 Å². The predicted octanol–water partition coefficient (Wildman–Crippen LogP) is 4.36. The molecule has 0 spiro atoms. The molecule has 0 radical (unpaired) electrons. The Morgan fingerprint density at radius 3 is 2.38 bits per heavy atom. The van der Waals surface area contributed by atoms with E-state index >= 15 is 0 Å². The second kappa shape index (κ2) is 6.32. The summed E-state index contributed by atoms with van der Waals surface area (Å²) in [4.78, 5) is 12.8. The number of carbonyl (C=O) groups is 1. The Bertz CT molecular complexity index is 895. The highest BCUT2D eigenvalue weighted by molar-refractivity contribution is 6.06. The summed E-state index contributed by atoms with van der Waals surface area (Å²) >= 11 is 0. The summed E-state index contributed by atoms with van der Waals surface area (Å²) in [5.41, 5.74) is 6.18. The first-order chi connectivity index (χ1) is 11.5. The summed E-state index contributed by atoms with van der Waals surface area (Å²) in [6, 6.07) is 15.8. The van der Waals surface area contributed by atoms with Gasteiger partial charge in [-0.25, -0.2) is 4.68 Å². The van der Waals surface area contributed by atoms with Crippen molar-refractivity contribution in [1.29, 1.82) is 0 Å². The van der Waals surface area contributed by atoms with Crippen molar-refractivity contribution in [2.24, 2.45) is 0 Å². The van der Waals surface area contributed by atoms with Crippen molar-refractivity contribution in [2.45, 2.75) is 27.7 Å². The molecule has 1 N–H and O–H groups in total. The highest BCUT2D eigenvalue weighted by atomic mass is 16.1. The molecule has 0 atom stereocenters. The van der Waals surface area contributed by atoms with Crippen molar-refractivity contribution >= 4 is 11.6 Å². The lowest BCUT2D eigenvalue weighted by molar-refractivity contribution is 0.102. The lowest BCUT2D eigenvalue weighted by Crippen LogP contribution is -2.15. The molecule has 1 amide bonds. The third-order valence-corrected chi connectivity index (χ3v) is 4.15. The monoisotopic (exact) mass is 319 g/mol. The number of nitrogens with one attached hydrogen (secondary N) is 1. The molecule has 0 saturated heterocycles. The van der Waals surface area contributed by atoms with Crippen molar-refractivity contribution in [3.63, 3.8) is 0 Å². The topological polar surface area (TPSA) is 46.9 Å². The number of benzene rings is 2. The van der Waals surface area contributed by atoms with E-state index in [0.717, 1.165) is 28.3 Å². The summed E-state index contributed by atoms with van der Waals surface area (Å²) in [5.74, 6) is -0.126. The van der Waals surface area contributed by atoms with Gasteiger partial charge in [0, 0.05) is 5.69 Å². The van der Waals surface area contributed by atoms with Gasteiger partial charge in [-0.1, -0.05) is 35.9 Å². The minimum Gasteiger partial charge on any atom is -0.322 e. The van der Waals surface area contributed by atoms with Gasteiger partial charge in [-0.3, -0.25) is 4.79 Å². The first kappa shape index (κ1) is 16.0. The second-order valence-electron chi connectivity index (χ2n) is 6.07. The minimum absolute atomic E-state index is 0.126. The molecule has 1 heterocycles. The van der Waals surface area contributed by atoms with Crippen LogP contribution in [-0.4, -0.2) is 15.7 Å². The fourth-order valence-electron chi connectivity index (χ4n) is 2.93. The number of para-hydroxylation sites is 1. The van der Waals surface area contributed by atoms with Crippen molar-refractivity contribution in [1.82, 2.24) is 9.78 Å². The molecule has 3 aromatic rings. The van der Waals surface area contributed by atoms with E-state index in [0.29, 0.717) is 5.56 Å². The average molecular weight is 319 g/mol. The van der Waals surface area contributed by atoms with Crippen LogP contribution in [0.2, 0.25) is 0 Å². The van der Waals surface area contributed by atoms with Crippen LogP contribution in [0.3, 0.4) is 0 Å². The highest BCUT2D eigenvalue weighted by Crippen LogP contribution is 2.21. The molecule has 2 aromatic carbocycles. The zero-order valence-corrected chi connectivity index (χ0v) is 14.4. The van der Waals surface area contributed by atoms with Gasteiger partial charge in [0.2, 0.25) is 0 Å². The van der Waals surface area contributed by atoms with Gasteiger partial charge in [0.25, 0.3) is 5.91 Å². The Hall–Kier alpha value is -2.88. The number of rotatable bonds is 3. The maximum absolute atomic E-state index is 12.8. The van der Waals surface area contributed by atoms with E-state index in [4.69, 9.17) is 0 Å². The van der Waals surface area contributed by atoms with Crippen LogP contribution in [0.4, 0.5) is 5.69 Å². The minimum atomic E-state index is -0.126. The van der Waals surface area contributed by atoms with Crippen LogP contribution in [0, 0.1) is 27.7 Å². The van der Waals surface area contributed by atoms with E-state index in [2.05, 4.69) is 16.5 Å². The van der Waals surface area contributed by atoms with E-state index in [-0.39, 0.29) is 5.91 Å². The Morgan fingerprint density at radius 2 is 1.71 bits per heavy atom. The van der Waals surface area contributed by atoms with Crippen LogP contribution in [0.25, 0.3) is 5.69 Å². The normalized spacial score (nSPS) is 10.7. The molecular formula is C20H21N3O. The van der Waals surface area contributed by atoms with Crippen LogP contribution in [0.15, 0.2) is 48.5 Å². The van der Waals surface area contributed by atoms with E-state index < -0.39 is 0 Å². The highest BCUT2D eigenvalue weighted by Gasteiger charge is 2.19. The molecule has 0 aliphatic heterocycles. The SMILES string of the molecule is Cc1ccc(NC(=O)c2c(C)nn(-c3ccccc3)c2C)c(C)c1. The fourth-order valence-corrected chi connectivity index (χ4v) is 2.93. The average Bonchev–Trinajstić information content (AvgIpc) is 2.85. The number of hydrogen-bond donors (Lipinski definition) is 1. The molecule has 0 bridgehead atoms. The molecule has 1 aromatic heterocycles. The van der Waals surface area contributed by atoms with Gasteiger partial charge in [-0.2, -0.15) is 5.10 Å². The van der Waals surface area contributed by atoms with E-state index in [1.54, 1.807) is 0 Å². The van der Waals surface area contributed by atoms with Crippen LogP contribution in [-0.2, 0) is 0 Å². The largest absolute Gasteiger partial charge is 0.322 e. The molecule has 122 valence electrons. The predicted molar refractivity (Wildman–Crippen MR) is 96.9 cm³/mol. The lowest BCUT2D eigenvalue weighted by atomic mass is 10.1. The van der Waals surface area contributed by atoms with Crippen molar-refractivity contribution in [3.05, 3.63) is 76.6 Å². The summed E-state index contributed by atoms with van der Waals surface area (Å²) in [6.45, 7) is 7.82. The Kier molecular flexibility index (Phi) is 4.21. The third kappa shape index (κ3) is 2.95. The first-order valence-electron chi connectivity index (χ1n) is 7.97. The van der Waals surface area contributed by atoms with Crippen LogP contribution in [0.1, 0.15) is 32.9 Å². The maximum Gasteiger partial charge on any atom is 0.259 e. The molecule has 0 aliphatic rings. The first-order valence-corrected chi connectivity index (χ1v) is 7.97. The molecule has 0 unspecified atom stereocenters. The van der Waals surface area contributed by atoms with E-state index in [1.165, 1.54) is 5.56 Å². The molecule has 24 heavy (non-hydrogen) atoms. The Labute approximate surface area is 142 Å². The van der Waals surface area contributed by atoms with Crippen molar-refractivity contribution in [2.75, 3.05) is 5.32 Å². The quantitative estimate of drug-likeness (QED) is 0.780. The Balaban J connectivity index is 1.95. The number of carbonyl (C=O) groups excluding carboxylic acids is 1. The molecule has 0 aliphatic carbocycles. The maximum atomic E-state index is 12.8. The molecule has 3 rings (SSSR count). The third-order valence-electron chi connectivity index (χ3n) is 4.15. The smallest absolute Gasteiger partial charge is 0.259 e. The van der Waals surface area contributed by atoms with E-state index in [1.807, 2.05) is 74.8 Å². The van der Waals surface area contributed by atoms with Gasteiger partial charge in [0.05, 0.1) is 22.6 Å². The van der Waals surface area contributed by atoms with Gasteiger partial charge in [0.15, 0.2) is 0 Å². The molecule has 0 saturated carbocycles. The van der Waals surface area contributed by atoms with Crippen molar-refractivity contribution in [3.8, 4) is 5.69 Å². The van der Waals surface area contributed by atoms with Gasteiger partial charge < -0.3 is 5.32 Å². The summed E-state index contributed by atoms with van der Waals surface area (Å²) in [5, 5.41) is 7.54. The van der Waals surface area contributed by atoms with Gasteiger partial charge in [0.1, 0.15) is 0 Å². The number of hydrogen-bond acceptors (Lipinski definition) is 2. The van der Waals surface area contributed by atoms with Crippen LogP contribution < -0.4 is 5.32 Å². The lowest BCUT2D eigenvalue weighted by Gasteiger charge is -2.10. The van der Waals surface area contributed by atoms with Crippen LogP contribution in [0.5, 0.6) is 0 Å². The van der Waals surface area contributed by atoms with E-state index in [9.17, 15) is 4.79 Å². The molecular weight excluding hydrogens is 298 g/mol. The zero-order valence-electron chi connectivity index (χ0n) is 14.4. The zero-order chi connectivity index (χ0) is 17.3. The second-order valence-corrected chi connectivity index (χ2v) is 6.07. The number of anilines is 1. The summed E-state index contributed by atoms with van der Waals surface area (Å²) in [7, 11) is 0. The standard InChI is InChI=1S/C20H21N3O/c1-13-10-11-18(14(2)12-13)21-20(24)19-15(3)22-23(16(19)4)17-8-6-5-7-9-17/h5-12H,1-4H3,(H,21,24). The number of aryl methyl sites for hydroxylation is 3. The van der Waals surface area contributed by atoms with Gasteiger partial charge >= 0.3 is 0 Å². The Morgan fingerprint density at radius 1 is 1.00 bits per heavy atom. The van der Waals surface area contributed by atoms with Gasteiger partial charge in [-0.15, -0.1) is 0 Å². The summed E-state index contributed by atoms with van der Waals surface area (Å²) < 4.78 is 1.81. The molecule has 0 fully saturated rings. The molecule has 4 heteroatoms. The van der Waals surface area contributed by atoms with Crippen molar-refractivity contribution < 1.29 is 4.79 Å². The fraction of sp³-hybridized carbons (Fsp3) is 0.200. The number of amides is 1. The van der Waals surface area contributed by atoms with Crippen LogP contribution >= 0.6 is 0 Å². The molecule has 4 nitrogen and oxygen atoms in total. The number of aromatic nitrogens is 2. The number of nitrogens with zero attached hydrogens (tertiary/aromatic N) is 2.